The molecule has 1 aliphatic heterocycles. The SMILES string of the molecule is Cc1sc2c(c1C)C(c1ccccc1)=N[C@H](CC(=O)OC(C)(C)C)c1nnc(C)n1-2. The second-order valence-electron chi connectivity index (χ2n) is 8.55. The smallest absolute Gasteiger partial charge is 0.308 e. The summed E-state index contributed by atoms with van der Waals surface area (Å²) >= 11 is 1.71. The Hall–Kier alpha value is -2.80. The number of aliphatic imine (C=N–C) groups is 1. The molecule has 30 heavy (non-hydrogen) atoms. The zero-order valence-corrected chi connectivity index (χ0v) is 19.0. The maximum Gasteiger partial charge on any atom is 0.308 e. The van der Waals surface area contributed by atoms with E-state index < -0.39 is 11.6 Å². The van der Waals surface area contributed by atoms with Gasteiger partial charge in [-0.05, 0) is 47.1 Å². The van der Waals surface area contributed by atoms with E-state index in [9.17, 15) is 4.79 Å². The summed E-state index contributed by atoms with van der Waals surface area (Å²) in [6.07, 6.45) is 0.110. The van der Waals surface area contributed by atoms with E-state index in [1.54, 1.807) is 11.3 Å². The number of hydrogen-bond acceptors (Lipinski definition) is 6. The molecular formula is C23H26N4O2S. The fourth-order valence-electron chi connectivity index (χ4n) is 3.66. The van der Waals surface area contributed by atoms with Gasteiger partial charge >= 0.3 is 5.97 Å². The minimum absolute atomic E-state index is 0.110. The molecule has 0 saturated heterocycles. The van der Waals surface area contributed by atoms with Gasteiger partial charge in [-0.15, -0.1) is 21.5 Å². The normalized spacial score (nSPS) is 15.8. The monoisotopic (exact) mass is 422 g/mol. The van der Waals surface area contributed by atoms with Crippen molar-refractivity contribution in [2.75, 3.05) is 0 Å². The number of carbonyl (C=O) groups excluding carboxylic acids is 1. The standard InChI is InChI=1S/C23H26N4O2S/c1-13-14(2)30-22-19(13)20(16-10-8-7-9-11-16)24-17(12-18(28)29-23(4,5)6)21-26-25-15(3)27(21)22/h7-11,17H,12H2,1-6H3/t17-/m1/s1. The van der Waals surface area contributed by atoms with Gasteiger partial charge in [0.1, 0.15) is 22.5 Å². The van der Waals surface area contributed by atoms with Crippen molar-refractivity contribution in [3.63, 3.8) is 0 Å². The van der Waals surface area contributed by atoms with Gasteiger partial charge in [0.2, 0.25) is 0 Å². The van der Waals surface area contributed by atoms with Gasteiger partial charge in [-0.1, -0.05) is 30.3 Å². The van der Waals surface area contributed by atoms with Crippen molar-refractivity contribution in [1.82, 2.24) is 14.8 Å². The second kappa shape index (κ2) is 7.47. The van der Waals surface area contributed by atoms with Gasteiger partial charge in [-0.3, -0.25) is 14.4 Å². The second-order valence-corrected chi connectivity index (χ2v) is 9.76. The summed E-state index contributed by atoms with van der Waals surface area (Å²) in [5.41, 5.74) is 3.62. The lowest BCUT2D eigenvalue weighted by molar-refractivity contribution is -0.155. The van der Waals surface area contributed by atoms with Crippen LogP contribution >= 0.6 is 11.3 Å². The molecule has 0 aliphatic carbocycles. The number of nitrogens with zero attached hydrogens (tertiary/aromatic N) is 4. The van der Waals surface area contributed by atoms with E-state index in [-0.39, 0.29) is 12.4 Å². The molecule has 0 unspecified atom stereocenters. The number of aryl methyl sites for hydroxylation is 2. The van der Waals surface area contributed by atoms with Gasteiger partial charge in [0.15, 0.2) is 5.82 Å². The number of esters is 1. The van der Waals surface area contributed by atoms with Gasteiger partial charge < -0.3 is 4.74 Å². The molecule has 1 atom stereocenters. The Labute approximate surface area is 180 Å². The van der Waals surface area contributed by atoms with Crippen molar-refractivity contribution in [2.24, 2.45) is 4.99 Å². The highest BCUT2D eigenvalue weighted by Gasteiger charge is 2.33. The van der Waals surface area contributed by atoms with Gasteiger partial charge in [-0.25, -0.2) is 0 Å². The molecule has 1 aliphatic rings. The average Bonchev–Trinajstić information content (AvgIpc) is 3.13. The summed E-state index contributed by atoms with van der Waals surface area (Å²) in [5, 5.41) is 9.78. The fourth-order valence-corrected chi connectivity index (χ4v) is 4.88. The van der Waals surface area contributed by atoms with Crippen molar-refractivity contribution < 1.29 is 9.53 Å². The van der Waals surface area contributed by atoms with E-state index in [4.69, 9.17) is 9.73 Å². The van der Waals surface area contributed by atoms with E-state index in [0.29, 0.717) is 5.82 Å². The predicted octanol–water partition coefficient (Wildman–Crippen LogP) is 4.88. The van der Waals surface area contributed by atoms with E-state index in [1.165, 1.54) is 10.4 Å². The number of carbonyl (C=O) groups is 1. The molecule has 0 amide bonds. The lowest BCUT2D eigenvalue weighted by Crippen LogP contribution is -2.25. The fraction of sp³-hybridized carbons (Fsp3) is 0.391. The molecule has 0 bridgehead atoms. The first-order valence-corrected chi connectivity index (χ1v) is 10.8. The highest BCUT2D eigenvalue weighted by molar-refractivity contribution is 7.15. The Morgan fingerprint density at radius 3 is 2.50 bits per heavy atom. The van der Waals surface area contributed by atoms with Gasteiger partial charge in [0.25, 0.3) is 0 Å². The molecule has 3 aromatic rings. The minimum Gasteiger partial charge on any atom is -0.460 e. The van der Waals surface area contributed by atoms with Crippen molar-refractivity contribution in [1.29, 1.82) is 0 Å². The molecule has 7 heteroatoms. The zero-order chi connectivity index (χ0) is 21.6. The van der Waals surface area contributed by atoms with Crippen LogP contribution in [0.1, 0.15) is 66.5 Å². The van der Waals surface area contributed by atoms with Crippen LogP contribution in [0.3, 0.4) is 0 Å². The summed E-state index contributed by atoms with van der Waals surface area (Å²) in [4.78, 5) is 19.0. The molecular weight excluding hydrogens is 396 g/mol. The molecule has 0 saturated carbocycles. The lowest BCUT2D eigenvalue weighted by atomic mass is 10.00. The Balaban J connectivity index is 1.91. The number of benzene rings is 1. The third-order valence-electron chi connectivity index (χ3n) is 5.07. The van der Waals surface area contributed by atoms with Crippen LogP contribution in [-0.2, 0) is 9.53 Å². The highest BCUT2D eigenvalue weighted by atomic mass is 32.1. The first kappa shape index (κ1) is 20.5. The molecule has 2 aromatic heterocycles. The Kier molecular flexibility index (Phi) is 5.10. The van der Waals surface area contributed by atoms with Crippen LogP contribution in [0.5, 0.6) is 0 Å². The van der Waals surface area contributed by atoms with Gasteiger partial charge in [0, 0.05) is 16.0 Å². The summed E-state index contributed by atoms with van der Waals surface area (Å²) < 4.78 is 7.63. The third kappa shape index (κ3) is 3.69. The molecule has 0 N–H and O–H groups in total. The minimum atomic E-state index is -0.552. The zero-order valence-electron chi connectivity index (χ0n) is 18.2. The molecule has 3 heterocycles. The maximum atomic E-state index is 12.7. The van der Waals surface area contributed by atoms with E-state index in [0.717, 1.165) is 27.7 Å². The van der Waals surface area contributed by atoms with Crippen molar-refractivity contribution in [3.8, 4) is 5.00 Å². The van der Waals surface area contributed by atoms with Crippen LogP contribution in [0.25, 0.3) is 5.00 Å². The van der Waals surface area contributed by atoms with Crippen molar-refractivity contribution >= 4 is 23.0 Å². The molecule has 6 nitrogen and oxygen atoms in total. The third-order valence-corrected chi connectivity index (χ3v) is 6.26. The Morgan fingerprint density at radius 2 is 1.83 bits per heavy atom. The van der Waals surface area contributed by atoms with E-state index in [1.807, 2.05) is 45.9 Å². The van der Waals surface area contributed by atoms with Crippen LogP contribution in [0.4, 0.5) is 0 Å². The highest BCUT2D eigenvalue weighted by Crippen LogP contribution is 2.39. The van der Waals surface area contributed by atoms with Crippen molar-refractivity contribution in [2.45, 2.75) is 59.6 Å². The molecule has 0 spiro atoms. The maximum absolute atomic E-state index is 12.7. The Bertz CT molecular complexity index is 1140. The number of fused-ring (bicyclic) bond motifs is 3. The first-order valence-electron chi connectivity index (χ1n) is 10.0. The summed E-state index contributed by atoms with van der Waals surface area (Å²) in [6, 6.07) is 9.63. The quantitative estimate of drug-likeness (QED) is 0.564. The van der Waals surface area contributed by atoms with Gasteiger partial charge in [-0.2, -0.15) is 0 Å². The predicted molar refractivity (Wildman–Crippen MR) is 119 cm³/mol. The number of hydrogen-bond donors (Lipinski definition) is 0. The van der Waals surface area contributed by atoms with Crippen LogP contribution in [0.15, 0.2) is 35.3 Å². The average molecular weight is 423 g/mol. The molecule has 1 aromatic carbocycles. The molecule has 0 radical (unpaired) electrons. The van der Waals surface area contributed by atoms with Crippen LogP contribution < -0.4 is 0 Å². The first-order chi connectivity index (χ1) is 14.2. The summed E-state index contributed by atoms with van der Waals surface area (Å²) in [7, 11) is 0. The lowest BCUT2D eigenvalue weighted by Gasteiger charge is -2.21. The Morgan fingerprint density at radius 1 is 1.13 bits per heavy atom. The molecule has 156 valence electrons. The van der Waals surface area contributed by atoms with Crippen LogP contribution in [0, 0.1) is 20.8 Å². The van der Waals surface area contributed by atoms with Crippen molar-refractivity contribution in [3.05, 3.63) is 63.5 Å². The molecule has 4 rings (SSSR count). The summed E-state index contributed by atoms with van der Waals surface area (Å²) in [6.45, 7) is 11.8. The number of rotatable bonds is 3. The topological polar surface area (TPSA) is 69.4 Å². The van der Waals surface area contributed by atoms with Crippen LogP contribution in [0.2, 0.25) is 0 Å². The van der Waals surface area contributed by atoms with Crippen LogP contribution in [-0.4, -0.2) is 32.0 Å². The number of aromatic nitrogens is 3. The van der Waals surface area contributed by atoms with E-state index >= 15 is 0 Å². The summed E-state index contributed by atoms with van der Waals surface area (Å²) in [5.74, 6) is 1.16. The van der Waals surface area contributed by atoms with Gasteiger partial charge in [0.05, 0.1) is 12.1 Å². The van der Waals surface area contributed by atoms with E-state index in [2.05, 4.69) is 40.7 Å². The largest absolute Gasteiger partial charge is 0.460 e. The number of ether oxygens (including phenoxy) is 1. The molecule has 0 fully saturated rings. The number of thiophene rings is 1.